The molecule has 0 unspecified atom stereocenters. The summed E-state index contributed by atoms with van der Waals surface area (Å²) in [6, 6.07) is 0. The molecule has 0 atom stereocenters. The second kappa shape index (κ2) is 4.69. The molecular formula is C2H10N2O6S2. The molecule has 0 aromatic heterocycles. The smallest absolute Gasteiger partial charge is 0.282 e. The molecule has 0 saturated heterocycles. The Balaban J connectivity index is 0. The lowest BCUT2D eigenvalue weighted by Crippen LogP contribution is -2.21. The molecule has 0 radical (unpaired) electrons. The van der Waals surface area contributed by atoms with Crippen LogP contribution in [-0.2, 0) is 24.1 Å². The lowest BCUT2D eigenvalue weighted by molar-refractivity contribution is 0.370. The summed E-state index contributed by atoms with van der Waals surface area (Å²) in [5.74, 6) is -0.700. The maximum Gasteiger partial charge on any atom is 0.282 e. The average molecular weight is 222 g/mol. The summed E-state index contributed by atoms with van der Waals surface area (Å²) in [6.45, 7) is -0.308. The minimum atomic E-state index is -5.20. The van der Waals surface area contributed by atoms with Crippen molar-refractivity contribution in [2.75, 3.05) is 12.3 Å². The van der Waals surface area contributed by atoms with Gasteiger partial charge in [0, 0.05) is 6.54 Å². The van der Waals surface area contributed by atoms with Crippen LogP contribution < -0.4 is 11.9 Å². The molecule has 0 rings (SSSR count). The maximum atomic E-state index is 10.4. The fourth-order valence-electron chi connectivity index (χ4n) is 0.305. The summed E-state index contributed by atoms with van der Waals surface area (Å²) in [6.07, 6.45) is 0. The Morgan fingerprint density at radius 2 is 1.67 bits per heavy atom. The van der Waals surface area contributed by atoms with E-state index in [1.807, 2.05) is 0 Å². The van der Waals surface area contributed by atoms with E-state index in [9.17, 15) is 21.4 Å². The van der Waals surface area contributed by atoms with Crippen LogP contribution in [0.25, 0.3) is 0 Å². The van der Waals surface area contributed by atoms with Crippen LogP contribution in [0.4, 0.5) is 0 Å². The van der Waals surface area contributed by atoms with Gasteiger partial charge in [-0.05, 0) is 0 Å². The first-order chi connectivity index (χ1) is 4.77. The van der Waals surface area contributed by atoms with Crippen LogP contribution >= 0.6 is 0 Å². The Bertz CT molecular complexity index is 302. The Labute approximate surface area is 70.4 Å². The standard InChI is InChI=1S/C2H7NO6S2.H3N/c3-1-2-10(4,5)9-11(6,7)8;/h1-3H2,(H,6,7,8);1H3. The van der Waals surface area contributed by atoms with E-state index in [0.29, 0.717) is 0 Å². The molecule has 12 heavy (non-hydrogen) atoms. The Morgan fingerprint density at radius 3 is 1.92 bits per heavy atom. The fraction of sp³-hybridized carbons (Fsp3) is 1.00. The van der Waals surface area contributed by atoms with Crippen LogP contribution in [0, 0.1) is 0 Å². The SMILES string of the molecule is NCCS(=O)(=O)OS(=O)(=O)[O-].[NH4+]. The zero-order valence-corrected chi connectivity index (χ0v) is 7.89. The topological polar surface area (TPSA) is 163 Å². The van der Waals surface area contributed by atoms with E-state index in [4.69, 9.17) is 5.73 Å². The second-order valence-electron chi connectivity index (χ2n) is 1.53. The predicted molar refractivity (Wildman–Crippen MR) is 39.6 cm³/mol. The van der Waals surface area contributed by atoms with Crippen molar-refractivity contribution in [2.24, 2.45) is 5.73 Å². The van der Waals surface area contributed by atoms with Gasteiger partial charge in [0.15, 0.2) is 0 Å². The number of rotatable bonds is 4. The molecule has 0 saturated carbocycles. The molecule has 6 N–H and O–H groups in total. The molecule has 8 nitrogen and oxygen atoms in total. The van der Waals surface area contributed by atoms with Crippen molar-refractivity contribution in [3.05, 3.63) is 0 Å². The summed E-state index contributed by atoms with van der Waals surface area (Å²) < 4.78 is 53.1. The predicted octanol–water partition coefficient (Wildman–Crippen LogP) is -1.87. The van der Waals surface area contributed by atoms with Gasteiger partial charge in [0.05, 0.1) is 5.75 Å². The average Bonchev–Trinajstić information content (AvgIpc) is 1.55. The van der Waals surface area contributed by atoms with Crippen LogP contribution in [0.15, 0.2) is 0 Å². The molecule has 0 spiro atoms. The first-order valence-corrected chi connectivity index (χ1v) is 5.27. The second-order valence-corrected chi connectivity index (χ2v) is 4.41. The van der Waals surface area contributed by atoms with Crippen molar-refractivity contribution in [3.63, 3.8) is 0 Å². The van der Waals surface area contributed by atoms with Gasteiger partial charge in [-0.3, -0.25) is 0 Å². The highest BCUT2D eigenvalue weighted by atomic mass is 32.3. The quantitative estimate of drug-likeness (QED) is 0.415. The fourth-order valence-corrected chi connectivity index (χ4v) is 1.88. The van der Waals surface area contributed by atoms with Crippen molar-refractivity contribution >= 4 is 20.5 Å². The van der Waals surface area contributed by atoms with E-state index < -0.39 is 26.3 Å². The number of quaternary nitrogens is 1. The summed E-state index contributed by atoms with van der Waals surface area (Å²) in [4.78, 5) is 0. The molecule has 0 amide bonds. The Hall–Kier alpha value is -0.260. The largest absolute Gasteiger partial charge is 0.725 e. The van der Waals surface area contributed by atoms with Gasteiger partial charge in [-0.25, -0.2) is 8.42 Å². The minimum Gasteiger partial charge on any atom is -0.725 e. The van der Waals surface area contributed by atoms with Gasteiger partial charge in [-0.15, -0.1) is 0 Å². The lowest BCUT2D eigenvalue weighted by Gasteiger charge is -2.05. The molecule has 76 valence electrons. The molecule has 0 aromatic carbocycles. The normalized spacial score (nSPS) is 12.2. The summed E-state index contributed by atoms with van der Waals surface area (Å²) in [7, 11) is -9.51. The van der Waals surface area contributed by atoms with Crippen LogP contribution in [0.2, 0.25) is 0 Å². The van der Waals surface area contributed by atoms with Gasteiger partial charge in [0.1, 0.15) is 0 Å². The highest BCUT2D eigenvalue weighted by molar-refractivity contribution is 7.97. The van der Waals surface area contributed by atoms with E-state index >= 15 is 0 Å². The first-order valence-electron chi connectivity index (χ1n) is 2.36. The zero-order chi connectivity index (χ0) is 9.12. The number of hydrogen-bond donors (Lipinski definition) is 2. The van der Waals surface area contributed by atoms with Gasteiger partial charge in [-0.1, -0.05) is 0 Å². The van der Waals surface area contributed by atoms with E-state index in [1.165, 1.54) is 0 Å². The van der Waals surface area contributed by atoms with Crippen LogP contribution in [0.5, 0.6) is 0 Å². The molecule has 0 fully saturated rings. The molecule has 0 aliphatic carbocycles. The maximum absolute atomic E-state index is 10.4. The molecule has 0 aliphatic heterocycles. The number of nitrogens with two attached hydrogens (primary N) is 1. The summed E-state index contributed by atoms with van der Waals surface area (Å²) in [5.41, 5.74) is 4.78. The van der Waals surface area contributed by atoms with Crippen molar-refractivity contribution < 1.29 is 25.0 Å². The lowest BCUT2D eigenvalue weighted by atomic mass is 10.8. The summed E-state index contributed by atoms with van der Waals surface area (Å²) in [5, 5.41) is 0. The third-order valence-electron chi connectivity index (χ3n) is 0.555. The van der Waals surface area contributed by atoms with E-state index in [1.54, 1.807) is 0 Å². The van der Waals surface area contributed by atoms with E-state index in [0.717, 1.165) is 0 Å². The van der Waals surface area contributed by atoms with Crippen molar-refractivity contribution in [1.82, 2.24) is 6.15 Å². The van der Waals surface area contributed by atoms with Gasteiger partial charge in [0.2, 0.25) is 10.4 Å². The van der Waals surface area contributed by atoms with Crippen LogP contribution in [0.3, 0.4) is 0 Å². The van der Waals surface area contributed by atoms with Crippen molar-refractivity contribution in [2.45, 2.75) is 0 Å². The van der Waals surface area contributed by atoms with Gasteiger partial charge >= 0.3 is 0 Å². The van der Waals surface area contributed by atoms with Crippen molar-refractivity contribution in [3.8, 4) is 0 Å². The van der Waals surface area contributed by atoms with Crippen LogP contribution in [0.1, 0.15) is 0 Å². The third-order valence-corrected chi connectivity index (χ3v) is 2.79. The highest BCUT2D eigenvalue weighted by Gasteiger charge is 2.13. The first kappa shape index (κ1) is 14.3. The monoisotopic (exact) mass is 222 g/mol. The van der Waals surface area contributed by atoms with E-state index in [-0.39, 0.29) is 12.7 Å². The third kappa shape index (κ3) is 7.84. The van der Waals surface area contributed by atoms with Gasteiger partial charge in [0.25, 0.3) is 10.1 Å². The molecule has 0 bridgehead atoms. The summed E-state index contributed by atoms with van der Waals surface area (Å²) >= 11 is 0. The van der Waals surface area contributed by atoms with Gasteiger partial charge in [-0.2, -0.15) is 12.0 Å². The van der Waals surface area contributed by atoms with Crippen LogP contribution in [-0.4, -0.2) is 33.7 Å². The molecule has 0 aliphatic rings. The Morgan fingerprint density at radius 1 is 1.25 bits per heavy atom. The zero-order valence-electron chi connectivity index (χ0n) is 6.26. The van der Waals surface area contributed by atoms with Crippen molar-refractivity contribution in [1.29, 1.82) is 0 Å². The molecule has 10 heteroatoms. The Kier molecular flexibility index (Phi) is 5.58. The van der Waals surface area contributed by atoms with Gasteiger partial charge < -0.3 is 16.4 Å². The molecule has 0 heterocycles. The number of hydrogen-bond acceptors (Lipinski definition) is 7. The highest BCUT2D eigenvalue weighted by Crippen LogP contribution is 1.96. The van der Waals surface area contributed by atoms with E-state index in [2.05, 4.69) is 3.63 Å². The molecule has 0 aromatic rings. The minimum absolute atomic E-state index is 0. The molecular weight excluding hydrogens is 212 g/mol.